The van der Waals surface area contributed by atoms with Crippen LogP contribution in [-0.2, 0) is 17.9 Å². The maximum absolute atomic E-state index is 12.0. The third kappa shape index (κ3) is 1.86. The Kier molecular flexibility index (Phi) is 2.25. The third-order valence-electron chi connectivity index (χ3n) is 2.57. The number of hydrogen-bond acceptors (Lipinski definition) is 3. The van der Waals surface area contributed by atoms with E-state index >= 15 is 0 Å². The molecule has 0 N–H and O–H groups in total. The summed E-state index contributed by atoms with van der Waals surface area (Å²) in [5.41, 5.74) is -0.317. The van der Waals surface area contributed by atoms with E-state index in [2.05, 4.69) is 10.2 Å². The molecular formula is C10H16N4O. The van der Waals surface area contributed by atoms with Gasteiger partial charge in [-0.3, -0.25) is 4.79 Å². The summed E-state index contributed by atoms with van der Waals surface area (Å²) in [6.07, 6.45) is 1.72. The van der Waals surface area contributed by atoms with Gasteiger partial charge in [-0.1, -0.05) is 20.8 Å². The molecule has 0 aliphatic carbocycles. The Morgan fingerprint density at radius 3 is 2.80 bits per heavy atom. The van der Waals surface area contributed by atoms with Crippen LogP contribution in [-0.4, -0.2) is 32.1 Å². The van der Waals surface area contributed by atoms with E-state index in [9.17, 15) is 4.79 Å². The van der Waals surface area contributed by atoms with Crippen molar-refractivity contribution in [2.45, 2.75) is 33.9 Å². The highest BCUT2D eigenvalue weighted by Crippen LogP contribution is 2.20. The molecule has 0 fully saturated rings. The van der Waals surface area contributed by atoms with Gasteiger partial charge in [0.15, 0.2) is 5.82 Å². The van der Waals surface area contributed by atoms with E-state index < -0.39 is 0 Å². The van der Waals surface area contributed by atoms with Gasteiger partial charge < -0.3 is 9.47 Å². The Bertz CT molecular complexity index is 377. The number of rotatable bonds is 0. The first-order valence-electron chi connectivity index (χ1n) is 5.14. The molecule has 0 spiro atoms. The predicted octanol–water partition coefficient (Wildman–Crippen LogP) is 0.666. The molecule has 2 heterocycles. The van der Waals surface area contributed by atoms with E-state index in [-0.39, 0.29) is 11.3 Å². The fourth-order valence-corrected chi connectivity index (χ4v) is 1.71. The lowest BCUT2D eigenvalue weighted by atomic mass is 9.94. The summed E-state index contributed by atoms with van der Waals surface area (Å²) in [7, 11) is 0. The summed E-state index contributed by atoms with van der Waals surface area (Å²) >= 11 is 0. The average Bonchev–Trinajstić information content (AvgIpc) is 2.61. The predicted molar refractivity (Wildman–Crippen MR) is 54.9 cm³/mol. The van der Waals surface area contributed by atoms with Crippen molar-refractivity contribution in [1.82, 2.24) is 19.7 Å². The van der Waals surface area contributed by atoms with Crippen LogP contribution < -0.4 is 0 Å². The Morgan fingerprint density at radius 1 is 1.40 bits per heavy atom. The van der Waals surface area contributed by atoms with Crippen molar-refractivity contribution < 1.29 is 4.79 Å². The number of nitrogens with zero attached hydrogens (tertiary/aromatic N) is 4. The number of fused-ring (bicyclic) bond motifs is 1. The van der Waals surface area contributed by atoms with Gasteiger partial charge in [-0.05, 0) is 0 Å². The number of carbonyl (C=O) groups is 1. The van der Waals surface area contributed by atoms with Crippen molar-refractivity contribution in [3.63, 3.8) is 0 Å². The molecule has 2 rings (SSSR count). The minimum absolute atomic E-state index is 0.178. The molecule has 0 atom stereocenters. The molecule has 0 bridgehead atoms. The zero-order chi connectivity index (χ0) is 11.1. The van der Waals surface area contributed by atoms with Gasteiger partial charge in [-0.25, -0.2) is 0 Å². The highest BCUT2D eigenvalue weighted by molar-refractivity contribution is 5.81. The minimum Gasteiger partial charge on any atom is -0.333 e. The molecule has 5 nitrogen and oxygen atoms in total. The van der Waals surface area contributed by atoms with Gasteiger partial charge in [-0.15, -0.1) is 10.2 Å². The minimum atomic E-state index is -0.317. The summed E-state index contributed by atoms with van der Waals surface area (Å²) < 4.78 is 1.99. The van der Waals surface area contributed by atoms with Gasteiger partial charge in [0, 0.05) is 18.5 Å². The van der Waals surface area contributed by atoms with Gasteiger partial charge in [0.05, 0.1) is 6.54 Å². The van der Waals surface area contributed by atoms with E-state index in [1.165, 1.54) is 0 Å². The summed E-state index contributed by atoms with van der Waals surface area (Å²) in [4.78, 5) is 13.9. The van der Waals surface area contributed by atoms with Crippen molar-refractivity contribution in [3.05, 3.63) is 12.2 Å². The summed E-state index contributed by atoms with van der Waals surface area (Å²) in [6.45, 7) is 7.94. The first-order valence-corrected chi connectivity index (χ1v) is 5.14. The molecule has 5 heteroatoms. The smallest absolute Gasteiger partial charge is 0.228 e. The number of carbonyl (C=O) groups excluding carboxylic acids is 1. The second-order valence-corrected chi connectivity index (χ2v) is 4.92. The fraction of sp³-hybridized carbons (Fsp3) is 0.700. The Balaban J connectivity index is 2.14. The lowest BCUT2D eigenvalue weighted by Gasteiger charge is -2.32. The maximum Gasteiger partial charge on any atom is 0.228 e. The van der Waals surface area contributed by atoms with Crippen LogP contribution in [0.15, 0.2) is 6.33 Å². The number of aromatic nitrogens is 3. The largest absolute Gasteiger partial charge is 0.333 e. The molecule has 0 saturated carbocycles. The topological polar surface area (TPSA) is 51.0 Å². The molecule has 82 valence electrons. The fourth-order valence-electron chi connectivity index (χ4n) is 1.71. The van der Waals surface area contributed by atoms with Gasteiger partial charge in [0.2, 0.25) is 5.91 Å². The Morgan fingerprint density at radius 2 is 2.13 bits per heavy atom. The third-order valence-corrected chi connectivity index (χ3v) is 2.57. The maximum atomic E-state index is 12.0. The van der Waals surface area contributed by atoms with Crippen LogP contribution in [0, 0.1) is 5.41 Å². The van der Waals surface area contributed by atoms with E-state index in [0.717, 1.165) is 18.9 Å². The molecule has 15 heavy (non-hydrogen) atoms. The van der Waals surface area contributed by atoms with Crippen molar-refractivity contribution in [1.29, 1.82) is 0 Å². The number of amides is 1. The first kappa shape index (κ1) is 10.1. The Hall–Kier alpha value is -1.39. The van der Waals surface area contributed by atoms with Crippen LogP contribution in [0.5, 0.6) is 0 Å². The standard InChI is InChI=1S/C10H16N4O/c1-10(2,3)9(15)13-4-5-14-7-11-12-8(14)6-13/h7H,4-6H2,1-3H3. The quantitative estimate of drug-likeness (QED) is 0.629. The molecule has 1 aliphatic heterocycles. The molecule has 1 aliphatic rings. The highest BCUT2D eigenvalue weighted by Gasteiger charge is 2.30. The lowest BCUT2D eigenvalue weighted by Crippen LogP contribution is -2.43. The molecule has 1 aromatic heterocycles. The van der Waals surface area contributed by atoms with E-state index in [4.69, 9.17) is 0 Å². The highest BCUT2D eigenvalue weighted by atomic mass is 16.2. The van der Waals surface area contributed by atoms with Crippen molar-refractivity contribution in [2.24, 2.45) is 5.41 Å². The van der Waals surface area contributed by atoms with Crippen LogP contribution in [0.25, 0.3) is 0 Å². The van der Waals surface area contributed by atoms with Crippen LogP contribution in [0.3, 0.4) is 0 Å². The molecule has 0 saturated heterocycles. The van der Waals surface area contributed by atoms with Crippen LogP contribution in [0.4, 0.5) is 0 Å². The molecular weight excluding hydrogens is 192 g/mol. The summed E-state index contributed by atoms with van der Waals surface area (Å²) in [5.74, 6) is 1.05. The molecule has 0 radical (unpaired) electrons. The number of hydrogen-bond donors (Lipinski definition) is 0. The SMILES string of the molecule is CC(C)(C)C(=O)N1CCn2cnnc2C1. The molecule has 1 amide bonds. The molecule has 0 unspecified atom stereocenters. The van der Waals surface area contributed by atoms with Crippen molar-refractivity contribution >= 4 is 5.91 Å². The Labute approximate surface area is 89.1 Å². The normalized spacial score (nSPS) is 16.3. The van der Waals surface area contributed by atoms with Gasteiger partial charge in [-0.2, -0.15) is 0 Å². The molecule has 1 aromatic rings. The van der Waals surface area contributed by atoms with Gasteiger partial charge >= 0.3 is 0 Å². The zero-order valence-corrected chi connectivity index (χ0v) is 9.40. The van der Waals surface area contributed by atoms with Crippen LogP contribution in [0.1, 0.15) is 26.6 Å². The zero-order valence-electron chi connectivity index (χ0n) is 9.40. The van der Waals surface area contributed by atoms with Crippen molar-refractivity contribution in [3.8, 4) is 0 Å². The van der Waals surface area contributed by atoms with Gasteiger partial charge in [0.25, 0.3) is 0 Å². The summed E-state index contributed by atoms with van der Waals surface area (Å²) in [6, 6.07) is 0. The van der Waals surface area contributed by atoms with E-state index in [1.54, 1.807) is 6.33 Å². The molecule has 0 aromatic carbocycles. The van der Waals surface area contributed by atoms with E-state index in [0.29, 0.717) is 6.54 Å². The summed E-state index contributed by atoms with van der Waals surface area (Å²) in [5, 5.41) is 7.83. The van der Waals surface area contributed by atoms with Crippen LogP contribution >= 0.6 is 0 Å². The second-order valence-electron chi connectivity index (χ2n) is 4.92. The second kappa shape index (κ2) is 3.32. The lowest BCUT2D eigenvalue weighted by molar-refractivity contribution is -0.141. The van der Waals surface area contributed by atoms with Crippen molar-refractivity contribution in [2.75, 3.05) is 6.54 Å². The monoisotopic (exact) mass is 208 g/mol. The van der Waals surface area contributed by atoms with Gasteiger partial charge in [0.1, 0.15) is 6.33 Å². The first-order chi connectivity index (χ1) is 6.98. The van der Waals surface area contributed by atoms with E-state index in [1.807, 2.05) is 30.2 Å². The van der Waals surface area contributed by atoms with Crippen LogP contribution in [0.2, 0.25) is 0 Å². The average molecular weight is 208 g/mol.